The van der Waals surface area contributed by atoms with Gasteiger partial charge in [-0.15, -0.1) is 11.3 Å². The number of carbonyl (C=O) groups is 1. The highest BCUT2D eigenvalue weighted by Gasteiger charge is 2.24. The van der Waals surface area contributed by atoms with Crippen LogP contribution in [0.4, 0.5) is 0 Å². The second kappa shape index (κ2) is 6.64. The quantitative estimate of drug-likeness (QED) is 0.778. The smallest absolute Gasteiger partial charge is 0.264 e. The highest BCUT2D eigenvalue weighted by molar-refractivity contribution is 7.89. The zero-order chi connectivity index (χ0) is 17.3. The molecule has 0 bridgehead atoms. The first-order chi connectivity index (χ1) is 11.4. The van der Waals surface area contributed by atoms with Crippen LogP contribution in [-0.2, 0) is 27.8 Å². The molecule has 0 spiro atoms. The Kier molecular flexibility index (Phi) is 4.73. The molecule has 2 heterocycles. The molecule has 0 N–H and O–H groups in total. The lowest BCUT2D eigenvalue weighted by Crippen LogP contribution is -2.35. The lowest BCUT2D eigenvalue weighted by molar-refractivity contribution is -0.0258. The van der Waals surface area contributed by atoms with Crippen molar-refractivity contribution in [1.29, 1.82) is 0 Å². The lowest BCUT2D eigenvalue weighted by Gasteiger charge is -2.27. The van der Waals surface area contributed by atoms with Gasteiger partial charge in [-0.1, -0.05) is 4.47 Å². The number of carbonyl (C=O) groups excluding carboxylic acids is 1. The molecule has 24 heavy (non-hydrogen) atoms. The third-order valence-electron chi connectivity index (χ3n) is 4.09. The molecule has 1 aromatic heterocycles. The molecular weight excluding hydrogens is 348 g/mol. The zero-order valence-electron chi connectivity index (χ0n) is 13.4. The number of thiophene rings is 1. The third kappa shape index (κ3) is 3.10. The normalized spacial score (nSPS) is 14.7. The van der Waals surface area contributed by atoms with Gasteiger partial charge < -0.3 is 4.90 Å². The summed E-state index contributed by atoms with van der Waals surface area (Å²) in [7, 11) is -1.10. The second-order valence-corrected chi connectivity index (χ2v) is 8.40. The highest BCUT2D eigenvalue weighted by atomic mass is 32.2. The minimum absolute atomic E-state index is 0.0853. The van der Waals surface area contributed by atoms with Crippen LogP contribution in [0.2, 0.25) is 0 Å². The van der Waals surface area contributed by atoms with Crippen molar-refractivity contribution in [2.75, 3.05) is 20.7 Å². The summed E-state index contributed by atoms with van der Waals surface area (Å²) in [4.78, 5) is 20.6. The maximum absolute atomic E-state index is 12.6. The number of hydrogen-bond acceptors (Lipinski definition) is 5. The Labute approximate surface area is 145 Å². The van der Waals surface area contributed by atoms with Crippen LogP contribution in [0.25, 0.3) is 0 Å². The van der Waals surface area contributed by atoms with Crippen molar-refractivity contribution in [2.45, 2.75) is 17.9 Å². The van der Waals surface area contributed by atoms with E-state index >= 15 is 0 Å². The molecule has 0 fully saturated rings. The lowest BCUT2D eigenvalue weighted by atomic mass is 10.1. The molecule has 1 amide bonds. The Morgan fingerprint density at radius 1 is 1.25 bits per heavy atom. The van der Waals surface area contributed by atoms with E-state index in [1.54, 1.807) is 28.4 Å². The molecule has 0 aliphatic carbocycles. The van der Waals surface area contributed by atoms with E-state index in [4.69, 9.17) is 4.84 Å². The van der Waals surface area contributed by atoms with Crippen molar-refractivity contribution in [2.24, 2.45) is 0 Å². The summed E-state index contributed by atoms with van der Waals surface area (Å²) in [6.07, 6.45) is 0.865. The van der Waals surface area contributed by atoms with Crippen molar-refractivity contribution >= 4 is 27.3 Å². The molecule has 0 saturated heterocycles. The minimum Gasteiger partial charge on any atom is -0.334 e. The molecule has 1 aliphatic rings. The van der Waals surface area contributed by atoms with Gasteiger partial charge in [0.25, 0.3) is 15.9 Å². The Bertz CT molecular complexity index is 843. The van der Waals surface area contributed by atoms with E-state index in [-0.39, 0.29) is 10.8 Å². The number of fused-ring (bicyclic) bond motifs is 1. The van der Waals surface area contributed by atoms with Crippen molar-refractivity contribution in [1.82, 2.24) is 9.37 Å². The summed E-state index contributed by atoms with van der Waals surface area (Å²) in [5, 5.41) is 2.05. The molecule has 1 aromatic carbocycles. The van der Waals surface area contributed by atoms with E-state index in [1.807, 2.05) is 5.38 Å². The predicted molar refractivity (Wildman–Crippen MR) is 91.2 cm³/mol. The molecule has 0 unspecified atom stereocenters. The van der Waals surface area contributed by atoms with Crippen LogP contribution in [0.5, 0.6) is 0 Å². The Balaban J connectivity index is 1.78. The molecule has 6 nitrogen and oxygen atoms in total. The van der Waals surface area contributed by atoms with Gasteiger partial charge in [0.05, 0.1) is 12.0 Å². The Hall–Kier alpha value is -1.74. The maximum Gasteiger partial charge on any atom is 0.264 e. The first-order valence-corrected chi connectivity index (χ1v) is 9.73. The van der Waals surface area contributed by atoms with E-state index in [2.05, 4.69) is 6.07 Å². The van der Waals surface area contributed by atoms with E-state index in [1.165, 1.54) is 36.7 Å². The molecule has 0 atom stereocenters. The van der Waals surface area contributed by atoms with Gasteiger partial charge in [-0.3, -0.25) is 9.63 Å². The number of hydrogen-bond donors (Lipinski definition) is 0. The van der Waals surface area contributed by atoms with Crippen LogP contribution in [0.1, 0.15) is 20.8 Å². The fourth-order valence-electron chi connectivity index (χ4n) is 2.62. The summed E-state index contributed by atoms with van der Waals surface area (Å²) in [5.41, 5.74) is 1.67. The highest BCUT2D eigenvalue weighted by Crippen LogP contribution is 2.25. The van der Waals surface area contributed by atoms with Crippen molar-refractivity contribution in [3.05, 3.63) is 51.7 Å². The van der Waals surface area contributed by atoms with Crippen molar-refractivity contribution < 1.29 is 18.0 Å². The number of hydroxylamine groups is 1. The first kappa shape index (κ1) is 17.1. The van der Waals surface area contributed by atoms with Gasteiger partial charge in [0, 0.05) is 30.6 Å². The fourth-order valence-corrected chi connectivity index (χ4v) is 4.48. The van der Waals surface area contributed by atoms with Gasteiger partial charge in [-0.25, -0.2) is 8.42 Å². The predicted octanol–water partition coefficient (Wildman–Crippen LogP) is 2.13. The summed E-state index contributed by atoms with van der Waals surface area (Å²) in [6.45, 7) is 1.28. The average Bonchev–Trinajstić information content (AvgIpc) is 3.08. The van der Waals surface area contributed by atoms with Crippen molar-refractivity contribution in [3.63, 3.8) is 0 Å². The van der Waals surface area contributed by atoms with Gasteiger partial charge >= 0.3 is 0 Å². The number of benzene rings is 1. The molecule has 3 rings (SSSR count). The van der Waals surface area contributed by atoms with Crippen LogP contribution in [-0.4, -0.2) is 44.4 Å². The first-order valence-electron chi connectivity index (χ1n) is 7.41. The van der Waals surface area contributed by atoms with E-state index in [9.17, 15) is 13.2 Å². The summed E-state index contributed by atoms with van der Waals surface area (Å²) < 4.78 is 25.1. The molecule has 2 aromatic rings. The summed E-state index contributed by atoms with van der Waals surface area (Å²) >= 11 is 1.72. The van der Waals surface area contributed by atoms with Crippen LogP contribution >= 0.6 is 11.3 Å². The molecular formula is C16H18N2O4S2. The largest absolute Gasteiger partial charge is 0.334 e. The second-order valence-electron chi connectivity index (χ2n) is 5.47. The van der Waals surface area contributed by atoms with Gasteiger partial charge in [-0.05, 0) is 47.7 Å². The van der Waals surface area contributed by atoms with Gasteiger partial charge in [0.1, 0.15) is 0 Å². The monoisotopic (exact) mass is 366 g/mol. The van der Waals surface area contributed by atoms with Crippen molar-refractivity contribution in [3.8, 4) is 0 Å². The molecule has 128 valence electrons. The maximum atomic E-state index is 12.6. The van der Waals surface area contributed by atoms with E-state index in [0.717, 1.165) is 10.9 Å². The number of nitrogens with zero attached hydrogens (tertiary/aromatic N) is 2. The van der Waals surface area contributed by atoms with Gasteiger partial charge in [-0.2, -0.15) is 0 Å². The molecule has 0 radical (unpaired) electrons. The fraction of sp³-hybridized carbons (Fsp3) is 0.312. The Morgan fingerprint density at radius 2 is 1.96 bits per heavy atom. The zero-order valence-corrected chi connectivity index (χ0v) is 15.1. The van der Waals surface area contributed by atoms with E-state index < -0.39 is 10.0 Å². The summed E-state index contributed by atoms with van der Waals surface area (Å²) in [5.74, 6) is -0.0871. The average molecular weight is 366 g/mol. The third-order valence-corrected chi connectivity index (χ3v) is 6.81. The number of amides is 1. The Morgan fingerprint density at radius 3 is 2.62 bits per heavy atom. The van der Waals surface area contributed by atoms with Gasteiger partial charge in [0.15, 0.2) is 0 Å². The van der Waals surface area contributed by atoms with E-state index in [0.29, 0.717) is 18.7 Å². The topological polar surface area (TPSA) is 66.9 Å². The van der Waals surface area contributed by atoms with Gasteiger partial charge in [0.2, 0.25) is 0 Å². The molecule has 1 aliphatic heterocycles. The van der Waals surface area contributed by atoms with Crippen LogP contribution in [0.15, 0.2) is 40.6 Å². The minimum atomic E-state index is -3.70. The number of sulfonamides is 1. The molecule has 8 heteroatoms. The van der Waals surface area contributed by atoms with Crippen LogP contribution in [0.3, 0.4) is 0 Å². The standard InChI is InChI=1S/C16H18N2O4S2/c1-17(22-2)24(20,21)14-5-3-12(4-6-14)16(19)18-9-7-15-13(11-18)8-10-23-15/h3-6,8,10H,7,9,11H2,1-2H3. The SMILES string of the molecule is CON(C)S(=O)(=O)c1ccc(C(=O)N2CCc3sccc3C2)cc1. The molecule has 0 saturated carbocycles. The summed E-state index contributed by atoms with van der Waals surface area (Å²) in [6, 6.07) is 8.00. The van der Waals surface area contributed by atoms with Crippen LogP contribution in [0, 0.1) is 0 Å². The number of rotatable bonds is 4. The van der Waals surface area contributed by atoms with Crippen LogP contribution < -0.4 is 0 Å².